The summed E-state index contributed by atoms with van der Waals surface area (Å²) < 4.78 is 7.88. The van der Waals surface area contributed by atoms with Crippen LogP contribution < -0.4 is 4.74 Å². The minimum absolute atomic E-state index is 0.459. The van der Waals surface area contributed by atoms with Crippen LogP contribution in [-0.2, 0) is 6.54 Å². The summed E-state index contributed by atoms with van der Waals surface area (Å²) in [6.07, 6.45) is 3.75. The van der Waals surface area contributed by atoms with Crippen LogP contribution in [0.15, 0.2) is 79.3 Å². The van der Waals surface area contributed by atoms with Gasteiger partial charge in [0.25, 0.3) is 0 Å². The van der Waals surface area contributed by atoms with Crippen molar-refractivity contribution in [2.45, 2.75) is 6.54 Å². The zero-order chi connectivity index (χ0) is 20.2. The summed E-state index contributed by atoms with van der Waals surface area (Å²) >= 11 is 12.0. The standard InChI is InChI=1S/C23H15Cl2N3O/c24-19-8-6-17(7-9-19)22-14-28(15-27-22)13-16-4-5-18(12-26)23(10-16)29-21-3-1-2-20(25)11-21/h1-11,14-15H,13H2. The van der Waals surface area contributed by atoms with E-state index >= 15 is 0 Å². The van der Waals surface area contributed by atoms with Gasteiger partial charge in [-0.05, 0) is 48.0 Å². The number of hydrogen-bond donors (Lipinski definition) is 0. The van der Waals surface area contributed by atoms with Crippen LogP contribution in [-0.4, -0.2) is 9.55 Å². The topological polar surface area (TPSA) is 50.8 Å². The summed E-state index contributed by atoms with van der Waals surface area (Å²) in [4.78, 5) is 4.47. The average molecular weight is 420 g/mol. The fourth-order valence-electron chi connectivity index (χ4n) is 2.93. The fourth-order valence-corrected chi connectivity index (χ4v) is 3.23. The van der Waals surface area contributed by atoms with E-state index < -0.39 is 0 Å². The predicted octanol–water partition coefficient (Wildman–Crippen LogP) is 6.57. The molecule has 0 aliphatic carbocycles. The van der Waals surface area contributed by atoms with Crippen LogP contribution in [0.3, 0.4) is 0 Å². The molecule has 0 unspecified atom stereocenters. The van der Waals surface area contributed by atoms with E-state index in [0.717, 1.165) is 16.8 Å². The second-order valence-electron chi connectivity index (χ2n) is 6.44. The molecule has 4 nitrogen and oxygen atoms in total. The molecule has 1 aromatic heterocycles. The van der Waals surface area contributed by atoms with Gasteiger partial charge in [0, 0.05) is 28.4 Å². The number of ether oxygens (including phenoxy) is 1. The highest BCUT2D eigenvalue weighted by molar-refractivity contribution is 6.30. The van der Waals surface area contributed by atoms with Gasteiger partial charge < -0.3 is 9.30 Å². The maximum Gasteiger partial charge on any atom is 0.145 e. The van der Waals surface area contributed by atoms with Crippen LogP contribution >= 0.6 is 23.2 Å². The Hall–Kier alpha value is -3.26. The number of halogens is 2. The lowest BCUT2D eigenvalue weighted by atomic mass is 10.1. The van der Waals surface area contributed by atoms with Crippen molar-refractivity contribution in [3.8, 4) is 28.8 Å². The summed E-state index contributed by atoms with van der Waals surface area (Å²) in [6, 6.07) is 22.3. The summed E-state index contributed by atoms with van der Waals surface area (Å²) in [5.74, 6) is 1.07. The first-order valence-electron chi connectivity index (χ1n) is 8.85. The Balaban J connectivity index is 1.56. The second-order valence-corrected chi connectivity index (χ2v) is 7.31. The summed E-state index contributed by atoms with van der Waals surface area (Å²) in [6.45, 7) is 0.595. The van der Waals surface area contributed by atoms with E-state index in [1.807, 2.05) is 47.2 Å². The van der Waals surface area contributed by atoms with Gasteiger partial charge in [0.2, 0.25) is 0 Å². The Morgan fingerprint density at radius 1 is 0.966 bits per heavy atom. The number of imidazole rings is 1. The zero-order valence-electron chi connectivity index (χ0n) is 15.2. The van der Waals surface area contributed by atoms with Gasteiger partial charge in [-0.15, -0.1) is 0 Å². The van der Waals surface area contributed by atoms with Crippen LogP contribution in [0.1, 0.15) is 11.1 Å². The third-order valence-electron chi connectivity index (χ3n) is 4.33. The molecule has 0 saturated carbocycles. The molecule has 1 heterocycles. The molecule has 4 rings (SSSR count). The van der Waals surface area contributed by atoms with Gasteiger partial charge in [-0.1, -0.05) is 47.5 Å². The molecule has 0 amide bonds. The maximum atomic E-state index is 9.40. The molecule has 0 aliphatic rings. The van der Waals surface area contributed by atoms with E-state index in [0.29, 0.717) is 33.7 Å². The van der Waals surface area contributed by atoms with Crippen molar-refractivity contribution >= 4 is 23.2 Å². The van der Waals surface area contributed by atoms with Crippen LogP contribution in [0.2, 0.25) is 10.0 Å². The molecule has 3 aromatic carbocycles. The van der Waals surface area contributed by atoms with Gasteiger partial charge in [-0.3, -0.25) is 0 Å². The van der Waals surface area contributed by atoms with E-state index in [2.05, 4.69) is 11.1 Å². The molecular weight excluding hydrogens is 405 g/mol. The van der Waals surface area contributed by atoms with E-state index in [1.54, 1.807) is 36.7 Å². The van der Waals surface area contributed by atoms with E-state index in [9.17, 15) is 5.26 Å². The molecule has 0 aliphatic heterocycles. The first-order valence-corrected chi connectivity index (χ1v) is 9.60. The molecule has 0 radical (unpaired) electrons. The maximum absolute atomic E-state index is 9.40. The number of hydrogen-bond acceptors (Lipinski definition) is 3. The van der Waals surface area contributed by atoms with Crippen molar-refractivity contribution in [1.82, 2.24) is 9.55 Å². The lowest BCUT2D eigenvalue weighted by Gasteiger charge is -2.10. The summed E-state index contributed by atoms with van der Waals surface area (Å²) in [7, 11) is 0. The van der Waals surface area contributed by atoms with Crippen molar-refractivity contribution in [2.24, 2.45) is 0 Å². The van der Waals surface area contributed by atoms with Crippen LogP contribution in [0, 0.1) is 11.3 Å². The molecule has 0 spiro atoms. The minimum Gasteiger partial charge on any atom is -0.456 e. The molecule has 0 atom stereocenters. The Morgan fingerprint density at radius 3 is 2.55 bits per heavy atom. The molecule has 0 saturated heterocycles. The summed E-state index contributed by atoms with van der Waals surface area (Å²) in [5, 5.41) is 10.7. The predicted molar refractivity (Wildman–Crippen MR) is 114 cm³/mol. The van der Waals surface area contributed by atoms with Crippen molar-refractivity contribution in [3.05, 3.63) is 100 Å². The number of benzene rings is 3. The lowest BCUT2D eigenvalue weighted by Crippen LogP contribution is -1.98. The molecule has 4 aromatic rings. The van der Waals surface area contributed by atoms with Gasteiger partial charge in [-0.2, -0.15) is 5.26 Å². The third kappa shape index (κ3) is 4.60. The van der Waals surface area contributed by atoms with E-state index in [1.165, 1.54) is 0 Å². The number of nitrogens with zero attached hydrogens (tertiary/aromatic N) is 3. The zero-order valence-corrected chi connectivity index (χ0v) is 16.7. The highest BCUT2D eigenvalue weighted by atomic mass is 35.5. The number of rotatable bonds is 5. The van der Waals surface area contributed by atoms with Crippen molar-refractivity contribution in [1.29, 1.82) is 5.26 Å². The Labute approximate surface area is 178 Å². The fraction of sp³-hybridized carbons (Fsp3) is 0.0435. The molecule has 29 heavy (non-hydrogen) atoms. The van der Waals surface area contributed by atoms with Gasteiger partial charge in [0.15, 0.2) is 0 Å². The monoisotopic (exact) mass is 419 g/mol. The van der Waals surface area contributed by atoms with Gasteiger partial charge in [0.1, 0.15) is 17.6 Å². The lowest BCUT2D eigenvalue weighted by molar-refractivity contribution is 0.480. The second kappa shape index (κ2) is 8.40. The quantitative estimate of drug-likeness (QED) is 0.367. The molecule has 142 valence electrons. The average Bonchev–Trinajstić information content (AvgIpc) is 3.17. The minimum atomic E-state index is 0.459. The largest absolute Gasteiger partial charge is 0.456 e. The highest BCUT2D eigenvalue weighted by Crippen LogP contribution is 2.28. The molecule has 6 heteroatoms. The molecular formula is C23H15Cl2N3O. The van der Waals surface area contributed by atoms with Crippen molar-refractivity contribution in [3.63, 3.8) is 0 Å². The van der Waals surface area contributed by atoms with Gasteiger partial charge in [0.05, 0.1) is 17.6 Å². The number of aromatic nitrogens is 2. The first-order chi connectivity index (χ1) is 14.1. The normalized spacial score (nSPS) is 10.5. The van der Waals surface area contributed by atoms with Crippen LogP contribution in [0.25, 0.3) is 11.3 Å². The SMILES string of the molecule is N#Cc1ccc(Cn2cnc(-c3ccc(Cl)cc3)c2)cc1Oc1cccc(Cl)c1. The van der Waals surface area contributed by atoms with Crippen LogP contribution in [0.4, 0.5) is 0 Å². The van der Waals surface area contributed by atoms with Crippen LogP contribution in [0.5, 0.6) is 11.5 Å². The Morgan fingerprint density at radius 2 is 1.79 bits per heavy atom. The summed E-state index contributed by atoms with van der Waals surface area (Å²) in [5.41, 5.74) is 3.31. The Kier molecular flexibility index (Phi) is 5.53. The molecule has 0 N–H and O–H groups in total. The van der Waals surface area contributed by atoms with Crippen molar-refractivity contribution in [2.75, 3.05) is 0 Å². The van der Waals surface area contributed by atoms with E-state index in [-0.39, 0.29) is 0 Å². The highest BCUT2D eigenvalue weighted by Gasteiger charge is 2.09. The molecule has 0 fully saturated rings. The smallest absolute Gasteiger partial charge is 0.145 e. The Bertz CT molecular complexity index is 1190. The third-order valence-corrected chi connectivity index (χ3v) is 4.82. The van der Waals surface area contributed by atoms with Gasteiger partial charge in [-0.25, -0.2) is 4.98 Å². The van der Waals surface area contributed by atoms with Gasteiger partial charge >= 0.3 is 0 Å². The first kappa shape index (κ1) is 19.1. The van der Waals surface area contributed by atoms with Crippen molar-refractivity contribution < 1.29 is 4.74 Å². The molecule has 0 bridgehead atoms. The van der Waals surface area contributed by atoms with E-state index in [4.69, 9.17) is 27.9 Å². The number of nitriles is 1.